The molecule has 2 aromatic heterocycles. The van der Waals surface area contributed by atoms with Gasteiger partial charge in [-0.05, 0) is 41.5 Å². The zero-order valence-electron chi connectivity index (χ0n) is 33.4. The first-order valence-electron chi connectivity index (χ1n) is 18.4. The van der Waals surface area contributed by atoms with Gasteiger partial charge in [0, 0.05) is 0 Å². The second-order valence-corrected chi connectivity index (χ2v) is 32.2. The molecule has 0 atom stereocenters. The summed E-state index contributed by atoms with van der Waals surface area (Å²) < 4.78 is 16.8. The van der Waals surface area contributed by atoms with Gasteiger partial charge in [-0.1, -0.05) is 0 Å². The third kappa shape index (κ3) is 11.0. The molecule has 16 heteroatoms. The molecule has 0 spiro atoms. The fraction of sp³-hybridized carbons (Fsp3) is 0.579. The summed E-state index contributed by atoms with van der Waals surface area (Å²) in [5.74, 6) is 0. The molecule has 0 bridgehead atoms. The Morgan fingerprint density at radius 3 is 1.50 bits per heavy atom. The van der Waals surface area contributed by atoms with E-state index in [0.717, 1.165) is 46.8 Å². The van der Waals surface area contributed by atoms with E-state index in [9.17, 15) is 29.8 Å². The standard InChI is InChI=1S/C26H28BrN4O8S2.3C4H9.Sn/c1-25(2,3)38-23(32)28(7)15-18(29(8)24(33)39-26(4,5)6)22(27)41-20(15)21-17(31(36)37)16(30(34)35)19(40-21)14-12-10-9-11-13-14;3*1-3-4-2;/h10-13H,1-8H3;3*1,3-4H2,2H3;. The number of ether oxygens (including phenoxy) is 2. The molecule has 0 saturated carbocycles. The van der Waals surface area contributed by atoms with Crippen LogP contribution in [0.15, 0.2) is 28.1 Å². The van der Waals surface area contributed by atoms with E-state index in [4.69, 9.17) is 9.47 Å². The SMILES string of the molecule is CCC[CH2][Sn]([CH2]CCC)([CH2]CCC)[c]1ccc(-c2sc(-c3sc(Br)c(N(C)C(=O)OC(C)(C)C)c3N(C)C(=O)OC(C)(C)C)c([N+](=O)[O-])c2[N+](=O)[O-])cc1. The number of benzene rings is 1. The Morgan fingerprint density at radius 1 is 0.704 bits per heavy atom. The number of anilines is 2. The van der Waals surface area contributed by atoms with Crippen LogP contribution in [0.4, 0.5) is 32.3 Å². The number of carbonyl (C=O) groups is 2. The molecule has 1 aromatic carbocycles. The Balaban J connectivity index is 2.36. The zero-order valence-corrected chi connectivity index (χ0v) is 39.5. The molecule has 2 amide bonds. The molecule has 298 valence electrons. The van der Waals surface area contributed by atoms with Gasteiger partial charge in [-0.15, -0.1) is 0 Å². The van der Waals surface area contributed by atoms with Gasteiger partial charge in [-0.3, -0.25) is 0 Å². The Labute approximate surface area is 339 Å². The fourth-order valence-electron chi connectivity index (χ4n) is 6.42. The maximum atomic E-state index is 13.6. The van der Waals surface area contributed by atoms with Crippen LogP contribution in [0.1, 0.15) is 101 Å². The molecule has 0 aliphatic heterocycles. The molecule has 0 unspecified atom stereocenters. The second-order valence-electron chi connectivity index (χ2n) is 15.6. The molecule has 2 heterocycles. The van der Waals surface area contributed by atoms with E-state index in [1.165, 1.54) is 55.1 Å². The van der Waals surface area contributed by atoms with E-state index in [0.29, 0.717) is 9.35 Å². The van der Waals surface area contributed by atoms with Crippen LogP contribution in [0.25, 0.3) is 20.2 Å². The van der Waals surface area contributed by atoms with Crippen LogP contribution in [0.5, 0.6) is 0 Å². The van der Waals surface area contributed by atoms with Crippen molar-refractivity contribution in [1.82, 2.24) is 0 Å². The molecule has 3 aromatic rings. The minimum absolute atomic E-state index is 0.0203. The minimum atomic E-state index is -2.85. The molecule has 54 heavy (non-hydrogen) atoms. The molecule has 0 aliphatic carbocycles. The van der Waals surface area contributed by atoms with Crippen molar-refractivity contribution in [2.45, 2.75) is 125 Å². The Hall–Kier alpha value is -2.76. The first-order valence-corrected chi connectivity index (χ1v) is 28.4. The first kappa shape index (κ1) is 45.6. The van der Waals surface area contributed by atoms with Crippen LogP contribution >= 0.6 is 38.6 Å². The summed E-state index contributed by atoms with van der Waals surface area (Å²) in [5, 5.41) is 25.7. The number of rotatable bonds is 16. The van der Waals surface area contributed by atoms with Crippen molar-refractivity contribution in [3.63, 3.8) is 0 Å². The maximum absolute atomic E-state index is 13.6. The number of hydrogen-bond acceptors (Lipinski definition) is 10. The van der Waals surface area contributed by atoms with Crippen molar-refractivity contribution in [3.05, 3.63) is 48.3 Å². The third-order valence-electron chi connectivity index (χ3n) is 9.04. The van der Waals surface area contributed by atoms with E-state index < -0.39 is 63.0 Å². The monoisotopic (exact) mass is 958 g/mol. The molecular formula is C38H55BrN4O8S2Sn. The second kappa shape index (κ2) is 18.9. The van der Waals surface area contributed by atoms with Gasteiger partial charge in [0.2, 0.25) is 0 Å². The topological polar surface area (TPSA) is 145 Å². The number of halogens is 1. The van der Waals surface area contributed by atoms with Crippen molar-refractivity contribution in [3.8, 4) is 20.2 Å². The van der Waals surface area contributed by atoms with Crippen molar-refractivity contribution in [1.29, 1.82) is 0 Å². The number of nitrogens with zero attached hydrogens (tertiary/aromatic N) is 4. The van der Waals surface area contributed by atoms with Gasteiger partial charge in [0.1, 0.15) is 11.2 Å². The molecule has 0 N–H and O–H groups in total. The summed E-state index contributed by atoms with van der Waals surface area (Å²) >= 11 is 2.63. The van der Waals surface area contributed by atoms with Crippen LogP contribution in [-0.2, 0) is 9.47 Å². The van der Waals surface area contributed by atoms with Gasteiger partial charge in [0.15, 0.2) is 0 Å². The Bertz CT molecular complexity index is 1790. The predicted molar refractivity (Wildman–Crippen MR) is 228 cm³/mol. The molecule has 0 saturated heterocycles. The van der Waals surface area contributed by atoms with E-state index in [-0.39, 0.29) is 26.0 Å². The Kier molecular flexibility index (Phi) is 16.0. The van der Waals surface area contributed by atoms with Crippen molar-refractivity contribution < 1.29 is 28.9 Å². The number of amides is 2. The van der Waals surface area contributed by atoms with Crippen LogP contribution < -0.4 is 13.4 Å². The first-order chi connectivity index (χ1) is 25.1. The number of thiophene rings is 2. The van der Waals surface area contributed by atoms with Crippen molar-refractivity contribution in [2.24, 2.45) is 0 Å². The predicted octanol–water partition coefficient (Wildman–Crippen LogP) is 12.5. The molecular weight excluding hydrogens is 903 g/mol. The molecule has 0 aliphatic rings. The summed E-state index contributed by atoms with van der Waals surface area (Å²) in [5.41, 5.74) is -2.27. The number of carbonyl (C=O) groups excluding carboxylic acids is 2. The van der Waals surface area contributed by atoms with Gasteiger partial charge < -0.3 is 4.74 Å². The van der Waals surface area contributed by atoms with Gasteiger partial charge in [0.25, 0.3) is 0 Å². The zero-order chi connectivity index (χ0) is 40.8. The number of hydrogen-bond donors (Lipinski definition) is 0. The number of nitro groups is 2. The van der Waals surface area contributed by atoms with Crippen LogP contribution in [-0.4, -0.2) is 65.7 Å². The molecule has 12 nitrogen and oxygen atoms in total. The van der Waals surface area contributed by atoms with Crippen LogP contribution in [0.2, 0.25) is 13.3 Å². The Morgan fingerprint density at radius 2 is 1.11 bits per heavy atom. The van der Waals surface area contributed by atoms with Crippen LogP contribution in [0.3, 0.4) is 0 Å². The van der Waals surface area contributed by atoms with Crippen molar-refractivity contribution >= 4 is 95.5 Å². The van der Waals surface area contributed by atoms with E-state index in [2.05, 4.69) is 48.8 Å². The molecule has 0 radical (unpaired) electrons. The molecule has 0 fully saturated rings. The number of unbranched alkanes of at least 4 members (excludes halogenated alkanes) is 3. The summed E-state index contributed by atoms with van der Waals surface area (Å²) in [7, 11) is 2.89. The van der Waals surface area contributed by atoms with Gasteiger partial charge in [-0.25, -0.2) is 4.79 Å². The summed E-state index contributed by atoms with van der Waals surface area (Å²) in [6.07, 6.45) is 5.39. The fourth-order valence-corrected chi connectivity index (χ4v) is 25.7. The molecule has 3 rings (SSSR count). The van der Waals surface area contributed by atoms with E-state index in [1.807, 2.05) is 12.1 Å². The summed E-state index contributed by atoms with van der Waals surface area (Å²) in [4.78, 5) is 53.8. The quantitative estimate of drug-likeness (QED) is 0.0784. The third-order valence-corrected chi connectivity index (χ3v) is 27.9. The average Bonchev–Trinajstić information content (AvgIpc) is 3.64. The van der Waals surface area contributed by atoms with E-state index >= 15 is 0 Å². The summed E-state index contributed by atoms with van der Waals surface area (Å²) in [6, 6.07) is 8.02. The van der Waals surface area contributed by atoms with Gasteiger partial charge in [0.05, 0.1) is 0 Å². The van der Waals surface area contributed by atoms with Gasteiger partial charge in [-0.2, -0.15) is 0 Å². The average molecular weight is 959 g/mol. The van der Waals surface area contributed by atoms with Crippen molar-refractivity contribution in [2.75, 3.05) is 23.9 Å². The van der Waals surface area contributed by atoms with E-state index in [1.54, 1.807) is 41.5 Å². The van der Waals surface area contributed by atoms with Crippen LogP contribution in [0, 0.1) is 20.2 Å². The van der Waals surface area contributed by atoms with Gasteiger partial charge >= 0.3 is 280 Å². The normalized spacial score (nSPS) is 12.1. The summed E-state index contributed by atoms with van der Waals surface area (Å²) in [6.45, 7) is 16.9.